The molecular weight excluding hydrogens is 352 g/mol. The van der Waals surface area contributed by atoms with E-state index in [1.165, 1.54) is 31.2 Å². The number of sulfonamides is 1. The number of hydrogen-bond donors (Lipinski definition) is 3. The number of carbonyl (C=O) groups excluding carboxylic acids is 1. The first-order chi connectivity index (χ1) is 11.2. The summed E-state index contributed by atoms with van der Waals surface area (Å²) in [4.78, 5) is 10.9. The van der Waals surface area contributed by atoms with Crippen molar-refractivity contribution in [3.05, 3.63) is 35.5 Å². The zero-order valence-electron chi connectivity index (χ0n) is 13.2. The number of thiocarbonyl (C=S) groups is 1. The van der Waals surface area contributed by atoms with E-state index in [1.807, 2.05) is 0 Å². The van der Waals surface area contributed by atoms with E-state index < -0.39 is 10.0 Å². The molecule has 8 nitrogen and oxygen atoms in total. The zero-order chi connectivity index (χ0) is 17.9. The normalized spacial score (nSPS) is 11.0. The van der Waals surface area contributed by atoms with Crippen LogP contribution in [0.25, 0.3) is 0 Å². The molecule has 0 saturated carbocycles. The Hall–Kier alpha value is -2.46. The maximum atomic E-state index is 12.3. The molecule has 24 heavy (non-hydrogen) atoms. The van der Waals surface area contributed by atoms with Gasteiger partial charge < -0.3 is 15.2 Å². The van der Waals surface area contributed by atoms with Gasteiger partial charge in [-0.15, -0.1) is 0 Å². The molecule has 2 rings (SSSR count). The topological polar surface area (TPSA) is 113 Å². The fourth-order valence-electron chi connectivity index (χ4n) is 1.73. The van der Waals surface area contributed by atoms with Gasteiger partial charge in [-0.1, -0.05) is 5.16 Å². The second kappa shape index (κ2) is 6.97. The van der Waals surface area contributed by atoms with Crippen LogP contribution in [0, 0.1) is 13.8 Å². The molecular formula is C14H16N4O4S2. The van der Waals surface area contributed by atoms with Gasteiger partial charge in [0.1, 0.15) is 0 Å². The summed E-state index contributed by atoms with van der Waals surface area (Å²) in [6.45, 7) is 4.76. The van der Waals surface area contributed by atoms with Gasteiger partial charge in [0.2, 0.25) is 11.8 Å². The van der Waals surface area contributed by atoms with Gasteiger partial charge in [0.15, 0.2) is 5.11 Å². The highest BCUT2D eigenvalue weighted by atomic mass is 32.2. The minimum absolute atomic E-state index is 0.0481. The monoisotopic (exact) mass is 368 g/mol. The van der Waals surface area contributed by atoms with Gasteiger partial charge >= 0.3 is 0 Å². The molecule has 3 N–H and O–H groups in total. The van der Waals surface area contributed by atoms with E-state index in [2.05, 4.69) is 20.5 Å². The lowest BCUT2D eigenvalue weighted by Gasteiger charge is -2.09. The van der Waals surface area contributed by atoms with E-state index in [4.69, 9.17) is 16.7 Å². The number of carbonyl (C=O) groups is 1. The second-order valence-corrected chi connectivity index (χ2v) is 7.08. The fourth-order valence-corrected chi connectivity index (χ4v) is 3.04. The summed E-state index contributed by atoms with van der Waals surface area (Å²) in [6.07, 6.45) is 0. The Morgan fingerprint density at radius 1 is 1.21 bits per heavy atom. The second-order valence-electron chi connectivity index (χ2n) is 4.99. The molecule has 1 heterocycles. The van der Waals surface area contributed by atoms with Crippen molar-refractivity contribution >= 4 is 44.8 Å². The van der Waals surface area contributed by atoms with Crippen LogP contribution in [-0.4, -0.2) is 24.6 Å². The minimum atomic E-state index is -3.80. The molecule has 2 aromatic rings. The third-order valence-corrected chi connectivity index (χ3v) is 4.65. The van der Waals surface area contributed by atoms with Crippen LogP contribution >= 0.6 is 12.2 Å². The van der Waals surface area contributed by atoms with E-state index >= 15 is 0 Å². The van der Waals surface area contributed by atoms with Gasteiger partial charge in [-0.3, -0.25) is 4.79 Å². The van der Waals surface area contributed by atoms with Crippen molar-refractivity contribution in [1.82, 2.24) is 10.5 Å². The Labute approximate surface area is 144 Å². The summed E-state index contributed by atoms with van der Waals surface area (Å²) < 4.78 is 32.0. The summed E-state index contributed by atoms with van der Waals surface area (Å²) in [5.41, 5.74) is 1.77. The number of aromatic nitrogens is 1. The van der Waals surface area contributed by atoms with E-state index in [0.29, 0.717) is 16.9 Å². The van der Waals surface area contributed by atoms with Gasteiger partial charge in [0.25, 0.3) is 10.0 Å². The largest absolute Gasteiger partial charge is 0.337 e. The Kier molecular flexibility index (Phi) is 5.20. The van der Waals surface area contributed by atoms with E-state index in [1.54, 1.807) is 13.8 Å². The highest BCUT2D eigenvalue weighted by Gasteiger charge is 2.19. The number of rotatable bonds is 4. The van der Waals surface area contributed by atoms with Crippen LogP contribution in [0.1, 0.15) is 18.2 Å². The molecule has 128 valence electrons. The van der Waals surface area contributed by atoms with Crippen LogP contribution in [-0.2, 0) is 14.8 Å². The lowest BCUT2D eigenvalue weighted by atomic mass is 10.3. The Bertz CT molecular complexity index is 873. The molecule has 0 bridgehead atoms. The highest BCUT2D eigenvalue weighted by Crippen LogP contribution is 2.22. The molecule has 0 aliphatic rings. The maximum absolute atomic E-state index is 12.3. The number of hydrogen-bond acceptors (Lipinski definition) is 6. The molecule has 0 aliphatic heterocycles. The van der Waals surface area contributed by atoms with Crippen molar-refractivity contribution in [2.75, 3.05) is 10.0 Å². The Morgan fingerprint density at radius 3 is 2.33 bits per heavy atom. The number of anilines is 2. The van der Waals surface area contributed by atoms with Crippen LogP contribution in [0.5, 0.6) is 0 Å². The quantitative estimate of drug-likeness (QED) is 0.707. The van der Waals surface area contributed by atoms with Crippen molar-refractivity contribution in [1.29, 1.82) is 0 Å². The molecule has 1 aromatic heterocycles. The fraction of sp³-hybridized carbons (Fsp3) is 0.214. The van der Waals surface area contributed by atoms with Crippen LogP contribution < -0.4 is 15.4 Å². The molecule has 0 spiro atoms. The van der Waals surface area contributed by atoms with E-state index in [-0.39, 0.29) is 21.8 Å². The molecule has 10 heteroatoms. The average molecular weight is 368 g/mol. The molecule has 0 saturated heterocycles. The number of benzene rings is 1. The van der Waals surface area contributed by atoms with Crippen LogP contribution in [0.4, 0.5) is 11.6 Å². The van der Waals surface area contributed by atoms with Gasteiger partial charge in [0, 0.05) is 18.2 Å². The molecule has 1 amide bonds. The summed E-state index contributed by atoms with van der Waals surface area (Å²) in [5, 5.41) is 9.01. The van der Waals surface area contributed by atoms with Gasteiger partial charge in [-0.2, -0.15) is 0 Å². The first-order valence-electron chi connectivity index (χ1n) is 6.83. The third-order valence-electron chi connectivity index (χ3n) is 3.10. The third kappa shape index (κ3) is 4.30. The molecule has 0 radical (unpaired) electrons. The van der Waals surface area contributed by atoms with Crippen molar-refractivity contribution < 1.29 is 17.7 Å². The van der Waals surface area contributed by atoms with Crippen molar-refractivity contribution in [2.45, 2.75) is 25.7 Å². The summed E-state index contributed by atoms with van der Waals surface area (Å²) in [6, 6.07) is 5.86. The smallest absolute Gasteiger partial charge is 0.264 e. The average Bonchev–Trinajstić information content (AvgIpc) is 2.78. The summed E-state index contributed by atoms with van der Waals surface area (Å²) in [5.74, 6) is -0.213. The molecule has 1 aromatic carbocycles. The van der Waals surface area contributed by atoms with Crippen molar-refractivity contribution in [3.8, 4) is 0 Å². The van der Waals surface area contributed by atoms with Crippen molar-refractivity contribution in [2.24, 2.45) is 0 Å². The van der Waals surface area contributed by atoms with Crippen LogP contribution in [0.15, 0.2) is 33.7 Å². The highest BCUT2D eigenvalue weighted by molar-refractivity contribution is 7.92. The SMILES string of the molecule is CC(=O)NC(=S)Nc1ccc(S(=O)(=O)Nc2onc(C)c2C)cc1. The summed E-state index contributed by atoms with van der Waals surface area (Å²) >= 11 is 4.93. The lowest BCUT2D eigenvalue weighted by Crippen LogP contribution is -2.32. The lowest BCUT2D eigenvalue weighted by molar-refractivity contribution is -0.117. The Balaban J connectivity index is 2.13. The molecule has 0 aliphatic carbocycles. The number of aryl methyl sites for hydroxylation is 1. The molecule has 0 unspecified atom stereocenters. The minimum Gasteiger partial charge on any atom is -0.337 e. The van der Waals surface area contributed by atoms with Crippen LogP contribution in [0.2, 0.25) is 0 Å². The number of amides is 1. The standard InChI is InChI=1S/C14H16N4O4S2/c1-8-9(2)17-22-13(8)18-24(20,21)12-6-4-11(5-7-12)16-14(23)15-10(3)19/h4-7,18H,1-3H3,(H2,15,16,19,23). The van der Waals surface area contributed by atoms with Crippen LogP contribution in [0.3, 0.4) is 0 Å². The maximum Gasteiger partial charge on any atom is 0.264 e. The molecule has 0 atom stereocenters. The number of nitrogens with one attached hydrogen (secondary N) is 3. The van der Waals surface area contributed by atoms with Crippen molar-refractivity contribution in [3.63, 3.8) is 0 Å². The predicted octanol–water partition coefficient (Wildman–Crippen LogP) is 1.93. The first kappa shape index (κ1) is 17.9. The molecule has 0 fully saturated rings. The van der Waals surface area contributed by atoms with Gasteiger partial charge in [-0.25, -0.2) is 13.1 Å². The predicted molar refractivity (Wildman–Crippen MR) is 93.3 cm³/mol. The summed E-state index contributed by atoms with van der Waals surface area (Å²) in [7, 11) is -3.80. The zero-order valence-corrected chi connectivity index (χ0v) is 14.8. The van der Waals surface area contributed by atoms with Gasteiger partial charge in [-0.05, 0) is 50.3 Å². The van der Waals surface area contributed by atoms with E-state index in [0.717, 1.165) is 0 Å². The number of nitrogens with zero attached hydrogens (tertiary/aromatic N) is 1. The Morgan fingerprint density at radius 2 is 1.83 bits per heavy atom. The first-order valence-corrected chi connectivity index (χ1v) is 8.72. The van der Waals surface area contributed by atoms with Gasteiger partial charge in [0.05, 0.1) is 10.6 Å². The van der Waals surface area contributed by atoms with E-state index in [9.17, 15) is 13.2 Å².